The van der Waals surface area contributed by atoms with Crippen LogP contribution in [-0.4, -0.2) is 58.3 Å². The number of fused-ring (bicyclic) bond motifs is 4. The van der Waals surface area contributed by atoms with Gasteiger partial charge < -0.3 is 16.0 Å². The number of benzene rings is 1. The van der Waals surface area contributed by atoms with Gasteiger partial charge in [-0.3, -0.25) is 29.2 Å². The highest BCUT2D eigenvalue weighted by Crippen LogP contribution is 2.23. The number of aromatic nitrogens is 1. The molecule has 2 aromatic rings. The minimum Gasteiger partial charge on any atom is -0.347 e. The minimum absolute atomic E-state index is 0.212. The molecule has 10 nitrogen and oxygen atoms in total. The van der Waals surface area contributed by atoms with E-state index in [1.165, 1.54) is 5.01 Å². The van der Waals surface area contributed by atoms with Crippen LogP contribution in [0.2, 0.25) is 0 Å². The van der Waals surface area contributed by atoms with Crippen molar-refractivity contribution < 1.29 is 19.2 Å². The Morgan fingerprint density at radius 3 is 2.38 bits per heavy atom. The molecular weight excluding hydrogens is 508 g/mol. The van der Waals surface area contributed by atoms with Gasteiger partial charge in [-0.05, 0) is 64.2 Å². The van der Waals surface area contributed by atoms with Crippen LogP contribution in [0.5, 0.6) is 0 Å². The van der Waals surface area contributed by atoms with E-state index < -0.39 is 29.4 Å². The zero-order valence-electron chi connectivity index (χ0n) is 24.1. The summed E-state index contributed by atoms with van der Waals surface area (Å²) < 4.78 is 0. The maximum Gasteiger partial charge on any atom is 0.258 e. The number of hydrazine groups is 1. The van der Waals surface area contributed by atoms with Gasteiger partial charge in [0.25, 0.3) is 5.91 Å². The Hall–Kier alpha value is -3.79. The van der Waals surface area contributed by atoms with Gasteiger partial charge in [-0.15, -0.1) is 0 Å². The standard InChI is InChI=1S/C30H40N6O4/c1-17(2)25-27(38)32-19(4)28(39)36-15-7-8-23(35-36)26(37)31-18(3)22-12-11-21-10-9-20(16-24(21)33-22)13-14-30(5,6)29(40)34-25/h9-14,16-19,23,25,35H,7-8,15H2,1-6H3,(H,31,37)(H,32,38)(H,34,40)/t18-,19+,23+,25+/m1/s1. The normalized spacial score (nSPS) is 26.4. The molecule has 2 aliphatic heterocycles. The van der Waals surface area contributed by atoms with Gasteiger partial charge in [-0.1, -0.05) is 44.2 Å². The number of hydrogen-bond donors (Lipinski definition) is 4. The second-order valence-electron chi connectivity index (χ2n) is 11.7. The molecule has 2 aliphatic rings. The van der Waals surface area contributed by atoms with E-state index in [0.717, 1.165) is 16.5 Å². The van der Waals surface area contributed by atoms with Crippen molar-refractivity contribution in [2.75, 3.05) is 6.54 Å². The number of carbonyl (C=O) groups is 4. The van der Waals surface area contributed by atoms with Crippen LogP contribution in [0.25, 0.3) is 17.0 Å². The lowest BCUT2D eigenvalue weighted by Crippen LogP contribution is -2.62. The number of amides is 4. The second kappa shape index (κ2) is 11.8. The first kappa shape index (κ1) is 29.2. The van der Waals surface area contributed by atoms with Gasteiger partial charge in [-0.25, -0.2) is 5.43 Å². The molecule has 0 unspecified atom stereocenters. The number of carbonyl (C=O) groups excluding carboxylic acids is 4. The van der Waals surface area contributed by atoms with Crippen molar-refractivity contribution in [3.05, 3.63) is 47.7 Å². The summed E-state index contributed by atoms with van der Waals surface area (Å²) >= 11 is 0. The van der Waals surface area contributed by atoms with Gasteiger partial charge in [0.2, 0.25) is 17.7 Å². The molecule has 5 bridgehead atoms. The van der Waals surface area contributed by atoms with Crippen molar-refractivity contribution in [1.29, 1.82) is 0 Å². The molecule has 0 radical (unpaired) electrons. The van der Waals surface area contributed by atoms with Crippen molar-refractivity contribution in [3.63, 3.8) is 0 Å². The molecule has 1 saturated heterocycles. The van der Waals surface area contributed by atoms with Gasteiger partial charge in [0.05, 0.1) is 22.7 Å². The third-order valence-electron chi connectivity index (χ3n) is 7.55. The van der Waals surface area contributed by atoms with Crippen LogP contribution >= 0.6 is 0 Å². The van der Waals surface area contributed by atoms with Crippen molar-refractivity contribution >= 4 is 40.6 Å². The van der Waals surface area contributed by atoms with Crippen molar-refractivity contribution in [2.24, 2.45) is 11.3 Å². The molecule has 4 amide bonds. The van der Waals surface area contributed by atoms with E-state index in [4.69, 9.17) is 4.98 Å². The average molecular weight is 549 g/mol. The fourth-order valence-corrected chi connectivity index (χ4v) is 4.86. The Morgan fingerprint density at radius 1 is 0.950 bits per heavy atom. The Labute approximate surface area is 235 Å². The van der Waals surface area contributed by atoms with E-state index in [2.05, 4.69) is 21.4 Å². The van der Waals surface area contributed by atoms with E-state index in [-0.39, 0.29) is 29.7 Å². The first-order chi connectivity index (χ1) is 18.9. The molecule has 214 valence electrons. The fourth-order valence-electron chi connectivity index (χ4n) is 4.86. The van der Waals surface area contributed by atoms with Crippen molar-refractivity contribution in [3.8, 4) is 0 Å². The predicted octanol–water partition coefficient (Wildman–Crippen LogP) is 2.61. The number of hydrogen-bond acceptors (Lipinski definition) is 6. The van der Waals surface area contributed by atoms with Crippen LogP contribution in [0, 0.1) is 11.3 Å². The lowest BCUT2D eigenvalue weighted by Gasteiger charge is -2.35. The minimum atomic E-state index is -0.913. The molecule has 4 rings (SSSR count). The highest BCUT2D eigenvalue weighted by atomic mass is 16.2. The summed E-state index contributed by atoms with van der Waals surface area (Å²) in [4.78, 5) is 57.7. The number of rotatable bonds is 1. The van der Waals surface area contributed by atoms with Crippen molar-refractivity contribution in [2.45, 2.75) is 78.6 Å². The molecular formula is C30H40N6O4. The Morgan fingerprint density at radius 2 is 1.65 bits per heavy atom. The first-order valence-corrected chi connectivity index (χ1v) is 13.9. The molecule has 1 aromatic heterocycles. The smallest absolute Gasteiger partial charge is 0.258 e. The highest BCUT2D eigenvalue weighted by molar-refractivity contribution is 5.94. The van der Waals surface area contributed by atoms with Crippen LogP contribution in [0.15, 0.2) is 36.4 Å². The third kappa shape index (κ3) is 6.50. The SMILES string of the molecule is CC(C)[C@@H]1NC(=O)C(C)(C)C=Cc2ccc3ccc(nc3c2)[C@@H](C)NC(=O)[C@@H]2CCCN(N2)C(=O)[C@H](C)NC1=O. The number of nitrogens with one attached hydrogen (secondary N) is 4. The van der Waals surface area contributed by atoms with Gasteiger partial charge in [-0.2, -0.15) is 0 Å². The van der Waals surface area contributed by atoms with Crippen molar-refractivity contribution in [1.82, 2.24) is 31.4 Å². The summed E-state index contributed by atoms with van der Waals surface area (Å²) in [5, 5.41) is 11.0. The van der Waals surface area contributed by atoms with E-state index >= 15 is 0 Å². The summed E-state index contributed by atoms with van der Waals surface area (Å²) in [6.45, 7) is 11.2. The second-order valence-corrected chi connectivity index (χ2v) is 11.7. The number of pyridine rings is 1. The summed E-state index contributed by atoms with van der Waals surface area (Å²) in [5.74, 6) is -1.53. The van der Waals surface area contributed by atoms with Crippen LogP contribution in [0.1, 0.15) is 71.7 Å². The third-order valence-corrected chi connectivity index (χ3v) is 7.55. The average Bonchev–Trinajstić information content (AvgIpc) is 2.92. The highest BCUT2D eigenvalue weighted by Gasteiger charge is 2.35. The molecule has 3 heterocycles. The van der Waals surface area contributed by atoms with Crippen LogP contribution in [0.4, 0.5) is 0 Å². The Balaban J connectivity index is 1.70. The quantitative estimate of drug-likeness (QED) is 0.433. The van der Waals surface area contributed by atoms with Gasteiger partial charge in [0.15, 0.2) is 0 Å². The summed E-state index contributed by atoms with van der Waals surface area (Å²) in [6, 6.07) is 7.09. The molecule has 40 heavy (non-hydrogen) atoms. The molecule has 10 heteroatoms. The maximum atomic E-state index is 13.3. The van der Waals surface area contributed by atoms with Crippen LogP contribution in [-0.2, 0) is 19.2 Å². The van der Waals surface area contributed by atoms with Gasteiger partial charge >= 0.3 is 0 Å². The lowest BCUT2D eigenvalue weighted by atomic mass is 9.89. The largest absolute Gasteiger partial charge is 0.347 e. The van der Waals surface area contributed by atoms with Crippen LogP contribution < -0.4 is 21.4 Å². The maximum absolute atomic E-state index is 13.3. The number of nitrogens with zero attached hydrogens (tertiary/aromatic N) is 2. The molecule has 0 saturated carbocycles. The first-order valence-electron chi connectivity index (χ1n) is 13.9. The predicted molar refractivity (Wildman–Crippen MR) is 153 cm³/mol. The Bertz CT molecular complexity index is 1340. The molecule has 0 spiro atoms. The van der Waals surface area contributed by atoms with Gasteiger partial charge in [0, 0.05) is 11.9 Å². The van der Waals surface area contributed by atoms with E-state index in [1.54, 1.807) is 26.8 Å². The zero-order valence-corrected chi connectivity index (χ0v) is 24.1. The van der Waals surface area contributed by atoms with E-state index in [9.17, 15) is 19.2 Å². The fraction of sp³-hybridized carbons (Fsp3) is 0.500. The molecule has 0 aliphatic carbocycles. The summed E-state index contributed by atoms with van der Waals surface area (Å²) in [6.07, 6.45) is 4.88. The van der Waals surface area contributed by atoms with E-state index in [0.29, 0.717) is 25.1 Å². The van der Waals surface area contributed by atoms with Gasteiger partial charge in [0.1, 0.15) is 18.1 Å². The molecule has 1 aromatic carbocycles. The molecule has 1 fully saturated rings. The monoisotopic (exact) mass is 548 g/mol. The molecule has 4 atom stereocenters. The zero-order chi connectivity index (χ0) is 29.2. The van der Waals surface area contributed by atoms with Crippen LogP contribution in [0.3, 0.4) is 0 Å². The summed E-state index contributed by atoms with van der Waals surface area (Å²) in [7, 11) is 0. The Kier molecular flexibility index (Phi) is 8.58. The van der Waals surface area contributed by atoms with E-state index in [1.807, 2.05) is 57.2 Å². The summed E-state index contributed by atoms with van der Waals surface area (Å²) in [5.41, 5.74) is 4.48. The topological polar surface area (TPSA) is 133 Å². The molecule has 4 N–H and O–H groups in total. The lowest BCUT2D eigenvalue weighted by molar-refractivity contribution is -0.143.